The highest BCUT2D eigenvalue weighted by atomic mass is 16.3. The van der Waals surface area contributed by atoms with Gasteiger partial charge in [-0.1, -0.05) is 88.8 Å². The van der Waals surface area contributed by atoms with Crippen molar-refractivity contribution in [2.75, 3.05) is 0 Å². The number of rotatable bonds is 11. The van der Waals surface area contributed by atoms with Crippen molar-refractivity contribution in [3.63, 3.8) is 0 Å². The van der Waals surface area contributed by atoms with Crippen LogP contribution in [0.4, 0.5) is 0 Å². The number of aromatic hydroxyl groups is 1. The van der Waals surface area contributed by atoms with E-state index in [9.17, 15) is 5.11 Å². The molecule has 0 saturated heterocycles. The standard InChI is InChI=1S/C24H34O/c1-3-5-7-10-14-20-18-19-23(25)24(21-15-11-9-12-16-21)22(20)17-13-8-6-4-2/h9,11-12,15-16,18-19,25H,3-8,10,13-14,17H2,1-2H3. The van der Waals surface area contributed by atoms with Gasteiger partial charge in [-0.25, -0.2) is 0 Å². The fourth-order valence-corrected chi connectivity index (χ4v) is 3.60. The van der Waals surface area contributed by atoms with Gasteiger partial charge in [-0.05, 0) is 48.4 Å². The first kappa shape index (κ1) is 19.6. The minimum Gasteiger partial charge on any atom is -0.507 e. The van der Waals surface area contributed by atoms with Gasteiger partial charge in [-0.2, -0.15) is 0 Å². The number of phenols is 1. The summed E-state index contributed by atoms with van der Waals surface area (Å²) in [7, 11) is 0. The minimum absolute atomic E-state index is 0.425. The molecule has 0 fully saturated rings. The Morgan fingerprint density at radius 3 is 1.96 bits per heavy atom. The molecular formula is C24H34O. The molecule has 0 heterocycles. The Bertz CT molecular complexity index is 615. The van der Waals surface area contributed by atoms with Gasteiger partial charge in [-0.15, -0.1) is 0 Å². The highest BCUT2D eigenvalue weighted by molar-refractivity contribution is 5.75. The Balaban J connectivity index is 2.28. The SMILES string of the molecule is CCCCCCc1ccc(O)c(-c2ccccc2)c1CCCCCC. The molecule has 0 saturated carbocycles. The van der Waals surface area contributed by atoms with Gasteiger partial charge in [-0.3, -0.25) is 0 Å². The zero-order chi connectivity index (χ0) is 17.9. The molecule has 0 radical (unpaired) electrons. The smallest absolute Gasteiger partial charge is 0.123 e. The fraction of sp³-hybridized carbons (Fsp3) is 0.500. The molecule has 1 heteroatoms. The van der Waals surface area contributed by atoms with Crippen LogP contribution in [-0.4, -0.2) is 5.11 Å². The molecule has 1 nitrogen and oxygen atoms in total. The predicted octanol–water partition coefficient (Wildman–Crippen LogP) is 7.30. The lowest BCUT2D eigenvalue weighted by molar-refractivity contribution is 0.476. The van der Waals surface area contributed by atoms with E-state index in [1.165, 1.54) is 62.5 Å². The van der Waals surface area contributed by atoms with E-state index in [1.807, 2.05) is 12.1 Å². The summed E-state index contributed by atoms with van der Waals surface area (Å²) in [6.07, 6.45) is 12.4. The lowest BCUT2D eigenvalue weighted by Crippen LogP contribution is -1.99. The molecule has 0 aliphatic rings. The van der Waals surface area contributed by atoms with Gasteiger partial charge in [0.15, 0.2) is 0 Å². The van der Waals surface area contributed by atoms with Crippen LogP contribution in [0.5, 0.6) is 5.75 Å². The van der Waals surface area contributed by atoms with Crippen molar-refractivity contribution in [3.8, 4) is 16.9 Å². The van der Waals surface area contributed by atoms with Crippen LogP contribution in [0.2, 0.25) is 0 Å². The number of phenolic OH excluding ortho intramolecular Hbond substituents is 1. The first-order valence-corrected chi connectivity index (χ1v) is 10.2. The Morgan fingerprint density at radius 1 is 0.680 bits per heavy atom. The molecule has 0 bridgehead atoms. The van der Waals surface area contributed by atoms with Crippen LogP contribution in [0.1, 0.15) is 76.3 Å². The van der Waals surface area contributed by atoms with E-state index in [0.717, 1.165) is 24.0 Å². The average molecular weight is 339 g/mol. The number of hydrogen-bond donors (Lipinski definition) is 1. The molecule has 136 valence electrons. The number of aryl methyl sites for hydroxylation is 1. The number of benzene rings is 2. The van der Waals surface area contributed by atoms with Crippen molar-refractivity contribution in [2.45, 2.75) is 78.1 Å². The van der Waals surface area contributed by atoms with Crippen molar-refractivity contribution in [3.05, 3.63) is 53.6 Å². The third-order valence-corrected chi connectivity index (χ3v) is 5.03. The van der Waals surface area contributed by atoms with Crippen LogP contribution in [0.15, 0.2) is 42.5 Å². The van der Waals surface area contributed by atoms with E-state index in [4.69, 9.17) is 0 Å². The summed E-state index contributed by atoms with van der Waals surface area (Å²) in [6, 6.07) is 14.4. The molecule has 0 spiro atoms. The first-order valence-electron chi connectivity index (χ1n) is 10.2. The van der Waals surface area contributed by atoms with Crippen LogP contribution >= 0.6 is 0 Å². The van der Waals surface area contributed by atoms with Crippen LogP contribution in [0.25, 0.3) is 11.1 Å². The zero-order valence-corrected chi connectivity index (χ0v) is 16.1. The highest BCUT2D eigenvalue weighted by Gasteiger charge is 2.14. The lowest BCUT2D eigenvalue weighted by atomic mass is 9.89. The molecule has 0 unspecified atom stereocenters. The molecule has 2 aromatic carbocycles. The van der Waals surface area contributed by atoms with E-state index in [1.54, 1.807) is 0 Å². The molecule has 0 atom stereocenters. The first-order chi connectivity index (χ1) is 12.3. The zero-order valence-electron chi connectivity index (χ0n) is 16.1. The second-order valence-electron chi connectivity index (χ2n) is 7.08. The molecule has 2 aromatic rings. The summed E-state index contributed by atoms with van der Waals surface area (Å²) in [6.45, 7) is 4.51. The quantitative estimate of drug-likeness (QED) is 0.426. The van der Waals surface area contributed by atoms with Crippen LogP contribution in [0, 0.1) is 0 Å². The van der Waals surface area contributed by atoms with E-state index in [-0.39, 0.29) is 0 Å². The normalized spacial score (nSPS) is 11.0. The molecule has 0 amide bonds. The molecule has 25 heavy (non-hydrogen) atoms. The third-order valence-electron chi connectivity index (χ3n) is 5.03. The summed E-state index contributed by atoms with van der Waals surface area (Å²) in [5, 5.41) is 10.6. The van der Waals surface area contributed by atoms with Gasteiger partial charge in [0.25, 0.3) is 0 Å². The van der Waals surface area contributed by atoms with Crippen molar-refractivity contribution in [2.24, 2.45) is 0 Å². The van der Waals surface area contributed by atoms with Crippen LogP contribution < -0.4 is 0 Å². The molecule has 0 aliphatic heterocycles. The van der Waals surface area contributed by atoms with E-state index in [2.05, 4.69) is 44.2 Å². The largest absolute Gasteiger partial charge is 0.507 e. The van der Waals surface area contributed by atoms with Gasteiger partial charge in [0.05, 0.1) is 0 Å². The second kappa shape index (κ2) is 11.0. The maximum Gasteiger partial charge on any atom is 0.123 e. The van der Waals surface area contributed by atoms with E-state index >= 15 is 0 Å². The monoisotopic (exact) mass is 338 g/mol. The Hall–Kier alpha value is -1.76. The Morgan fingerprint density at radius 2 is 1.32 bits per heavy atom. The summed E-state index contributed by atoms with van der Waals surface area (Å²) in [5.41, 5.74) is 5.01. The second-order valence-corrected chi connectivity index (χ2v) is 7.08. The summed E-state index contributed by atoms with van der Waals surface area (Å²) in [4.78, 5) is 0. The van der Waals surface area contributed by atoms with Gasteiger partial charge in [0.1, 0.15) is 5.75 Å². The maximum absolute atomic E-state index is 10.6. The van der Waals surface area contributed by atoms with Crippen LogP contribution in [-0.2, 0) is 12.8 Å². The molecule has 1 N–H and O–H groups in total. The lowest BCUT2D eigenvalue weighted by Gasteiger charge is -2.17. The van der Waals surface area contributed by atoms with E-state index in [0.29, 0.717) is 5.75 Å². The fourth-order valence-electron chi connectivity index (χ4n) is 3.60. The molecule has 0 aliphatic carbocycles. The van der Waals surface area contributed by atoms with Crippen molar-refractivity contribution < 1.29 is 5.11 Å². The molecule has 2 rings (SSSR count). The van der Waals surface area contributed by atoms with Crippen molar-refractivity contribution in [1.82, 2.24) is 0 Å². The summed E-state index contributed by atoms with van der Waals surface area (Å²) in [5.74, 6) is 0.425. The van der Waals surface area contributed by atoms with E-state index < -0.39 is 0 Å². The van der Waals surface area contributed by atoms with Gasteiger partial charge < -0.3 is 5.11 Å². The van der Waals surface area contributed by atoms with Crippen molar-refractivity contribution in [1.29, 1.82) is 0 Å². The van der Waals surface area contributed by atoms with Gasteiger partial charge in [0, 0.05) is 5.56 Å². The summed E-state index contributed by atoms with van der Waals surface area (Å²) < 4.78 is 0. The topological polar surface area (TPSA) is 20.2 Å². The highest BCUT2D eigenvalue weighted by Crippen LogP contribution is 2.36. The van der Waals surface area contributed by atoms with Gasteiger partial charge >= 0.3 is 0 Å². The minimum atomic E-state index is 0.425. The van der Waals surface area contributed by atoms with Crippen molar-refractivity contribution >= 4 is 0 Å². The van der Waals surface area contributed by atoms with Gasteiger partial charge in [0.2, 0.25) is 0 Å². The average Bonchev–Trinajstić information content (AvgIpc) is 2.64. The Labute approximate surface area is 154 Å². The third kappa shape index (κ3) is 5.92. The molecular weight excluding hydrogens is 304 g/mol. The summed E-state index contributed by atoms with van der Waals surface area (Å²) >= 11 is 0. The Kier molecular flexibility index (Phi) is 8.59. The number of hydrogen-bond acceptors (Lipinski definition) is 1. The predicted molar refractivity (Wildman–Crippen MR) is 109 cm³/mol. The molecule has 0 aromatic heterocycles. The maximum atomic E-state index is 10.6. The van der Waals surface area contributed by atoms with Crippen LogP contribution in [0.3, 0.4) is 0 Å². The number of unbranched alkanes of at least 4 members (excludes halogenated alkanes) is 6.